The summed E-state index contributed by atoms with van der Waals surface area (Å²) in [5.74, 6) is -0.645. The van der Waals surface area contributed by atoms with Crippen molar-refractivity contribution in [3.8, 4) is 0 Å². The molecule has 1 aromatic rings. The van der Waals surface area contributed by atoms with Crippen molar-refractivity contribution in [2.45, 2.75) is 19.9 Å². The van der Waals surface area contributed by atoms with Gasteiger partial charge in [-0.25, -0.2) is 22.7 Å². The number of aryl methyl sites for hydroxylation is 2. The van der Waals surface area contributed by atoms with Crippen LogP contribution in [0.25, 0.3) is 0 Å². The molecule has 0 spiro atoms. The number of hydrogen-bond donors (Lipinski definition) is 1. The van der Waals surface area contributed by atoms with Crippen LogP contribution >= 0.6 is 0 Å². The van der Waals surface area contributed by atoms with Crippen molar-refractivity contribution in [1.29, 1.82) is 0 Å². The lowest BCUT2D eigenvalue weighted by atomic mass is 10.0. The smallest absolute Gasteiger partial charge is 0.255 e. The molecule has 1 aromatic heterocycles. The first-order valence-corrected chi connectivity index (χ1v) is 8.90. The van der Waals surface area contributed by atoms with Crippen LogP contribution in [-0.2, 0) is 14.8 Å². The van der Waals surface area contributed by atoms with Crippen molar-refractivity contribution in [2.24, 2.45) is 5.92 Å². The van der Waals surface area contributed by atoms with Crippen LogP contribution in [0, 0.1) is 19.8 Å². The molecule has 9 heteroatoms. The van der Waals surface area contributed by atoms with E-state index < -0.39 is 10.0 Å². The molecule has 1 amide bonds. The largest absolute Gasteiger partial charge is 0.379 e. The molecule has 0 aliphatic carbocycles. The Morgan fingerprint density at radius 1 is 1.30 bits per heavy atom. The molecular formula is C14H22N4O4S. The number of rotatable bonds is 5. The molecule has 23 heavy (non-hydrogen) atoms. The minimum atomic E-state index is -3.35. The van der Waals surface area contributed by atoms with Crippen LogP contribution in [0.1, 0.15) is 21.7 Å². The number of hydrogen-bond acceptors (Lipinski definition) is 6. The third-order valence-corrected chi connectivity index (χ3v) is 5.91. The van der Waals surface area contributed by atoms with Crippen molar-refractivity contribution >= 4 is 15.9 Å². The molecule has 0 saturated carbocycles. The molecule has 1 aliphatic heterocycles. The molecule has 1 N–H and O–H groups in total. The zero-order valence-electron chi connectivity index (χ0n) is 13.7. The van der Waals surface area contributed by atoms with Gasteiger partial charge in [0.1, 0.15) is 6.33 Å². The Labute approximate surface area is 136 Å². The second-order valence-electron chi connectivity index (χ2n) is 5.86. The molecule has 0 radical (unpaired) electrons. The monoisotopic (exact) mass is 342 g/mol. The van der Waals surface area contributed by atoms with E-state index in [9.17, 15) is 13.2 Å². The van der Waals surface area contributed by atoms with E-state index in [1.807, 2.05) is 0 Å². The number of nitrogens with zero attached hydrogens (tertiary/aromatic N) is 3. The van der Waals surface area contributed by atoms with E-state index in [4.69, 9.17) is 4.74 Å². The fraction of sp³-hybridized carbons (Fsp3) is 0.643. The van der Waals surface area contributed by atoms with E-state index in [1.165, 1.54) is 24.7 Å². The second kappa shape index (κ2) is 6.90. The number of carbonyl (C=O) groups is 1. The number of aromatic nitrogens is 2. The second-order valence-corrected chi connectivity index (χ2v) is 8.09. The van der Waals surface area contributed by atoms with Crippen molar-refractivity contribution in [3.63, 3.8) is 0 Å². The zero-order valence-corrected chi connectivity index (χ0v) is 14.6. The van der Waals surface area contributed by atoms with Gasteiger partial charge in [-0.15, -0.1) is 0 Å². The highest BCUT2D eigenvalue weighted by atomic mass is 32.2. The Kier molecular flexibility index (Phi) is 5.33. The third kappa shape index (κ3) is 4.04. The van der Waals surface area contributed by atoms with Gasteiger partial charge in [-0.2, -0.15) is 0 Å². The van der Waals surface area contributed by atoms with E-state index in [-0.39, 0.29) is 23.6 Å². The van der Waals surface area contributed by atoms with Gasteiger partial charge >= 0.3 is 0 Å². The fourth-order valence-electron chi connectivity index (χ4n) is 2.50. The van der Waals surface area contributed by atoms with Gasteiger partial charge in [0, 0.05) is 20.0 Å². The van der Waals surface area contributed by atoms with Crippen LogP contribution in [0.5, 0.6) is 0 Å². The van der Waals surface area contributed by atoms with Gasteiger partial charge in [0.05, 0.1) is 42.0 Å². The maximum Gasteiger partial charge on any atom is 0.255 e. The summed E-state index contributed by atoms with van der Waals surface area (Å²) in [6, 6.07) is -0.351. The number of sulfonamides is 1. The standard InChI is InChI=1S/C14H22N4O4S/c1-9-13(10(2)16-8-15-9)14(19)17-12-6-22-5-11(12)7-23(20,21)18(3)4/h8,11-12H,5-7H2,1-4H3,(H,17,19)/t11-,12+/m0/s1. The lowest BCUT2D eigenvalue weighted by Crippen LogP contribution is -2.44. The molecule has 1 saturated heterocycles. The van der Waals surface area contributed by atoms with Gasteiger partial charge < -0.3 is 10.1 Å². The summed E-state index contributed by atoms with van der Waals surface area (Å²) in [6.07, 6.45) is 1.41. The minimum absolute atomic E-state index is 0.0613. The zero-order chi connectivity index (χ0) is 17.2. The highest BCUT2D eigenvalue weighted by Gasteiger charge is 2.34. The molecule has 2 atom stereocenters. The van der Waals surface area contributed by atoms with Gasteiger partial charge in [0.2, 0.25) is 10.0 Å². The summed E-state index contributed by atoms with van der Waals surface area (Å²) in [5.41, 5.74) is 1.60. The van der Waals surface area contributed by atoms with E-state index in [2.05, 4.69) is 15.3 Å². The van der Waals surface area contributed by atoms with Crippen LogP contribution in [0.2, 0.25) is 0 Å². The van der Waals surface area contributed by atoms with E-state index >= 15 is 0 Å². The molecule has 2 rings (SSSR count). The summed E-state index contributed by atoms with van der Waals surface area (Å²) in [7, 11) is -0.368. The quantitative estimate of drug-likeness (QED) is 0.790. The molecule has 0 bridgehead atoms. The number of carbonyl (C=O) groups excluding carboxylic acids is 1. The molecule has 2 heterocycles. The van der Waals surface area contributed by atoms with Crippen LogP contribution in [0.3, 0.4) is 0 Å². The first-order chi connectivity index (χ1) is 10.7. The Balaban J connectivity index is 2.11. The van der Waals surface area contributed by atoms with E-state index in [0.717, 1.165) is 0 Å². The first-order valence-electron chi connectivity index (χ1n) is 7.29. The summed E-state index contributed by atoms with van der Waals surface area (Å²) >= 11 is 0. The Morgan fingerprint density at radius 3 is 2.48 bits per heavy atom. The first kappa shape index (κ1) is 17.8. The minimum Gasteiger partial charge on any atom is -0.379 e. The van der Waals surface area contributed by atoms with Crippen LogP contribution in [0.15, 0.2) is 6.33 Å². The lowest BCUT2D eigenvalue weighted by molar-refractivity contribution is 0.0924. The maximum atomic E-state index is 12.5. The highest BCUT2D eigenvalue weighted by Crippen LogP contribution is 2.18. The van der Waals surface area contributed by atoms with Gasteiger partial charge in [-0.3, -0.25) is 4.79 Å². The van der Waals surface area contributed by atoms with Crippen molar-refractivity contribution in [2.75, 3.05) is 33.1 Å². The lowest BCUT2D eigenvalue weighted by Gasteiger charge is -2.21. The van der Waals surface area contributed by atoms with Crippen molar-refractivity contribution in [1.82, 2.24) is 19.6 Å². The van der Waals surface area contributed by atoms with Crippen LogP contribution < -0.4 is 5.32 Å². The summed E-state index contributed by atoms with van der Waals surface area (Å²) in [5, 5.41) is 2.86. The summed E-state index contributed by atoms with van der Waals surface area (Å²) in [6.45, 7) is 4.08. The van der Waals surface area contributed by atoms with Crippen LogP contribution in [0.4, 0.5) is 0 Å². The normalized spacial score (nSPS) is 21.6. The molecule has 1 fully saturated rings. The predicted octanol–water partition coefficient (Wildman–Crippen LogP) is -0.270. The molecule has 1 aliphatic rings. The van der Waals surface area contributed by atoms with Crippen molar-refractivity contribution < 1.29 is 17.9 Å². The highest BCUT2D eigenvalue weighted by molar-refractivity contribution is 7.89. The summed E-state index contributed by atoms with van der Waals surface area (Å²) < 4.78 is 30.6. The average molecular weight is 342 g/mol. The molecular weight excluding hydrogens is 320 g/mol. The molecule has 8 nitrogen and oxygen atoms in total. The third-order valence-electron chi connectivity index (χ3n) is 3.95. The SMILES string of the molecule is Cc1ncnc(C)c1C(=O)N[C@@H]1COC[C@H]1CS(=O)(=O)N(C)C. The molecule has 128 valence electrons. The predicted molar refractivity (Wildman–Crippen MR) is 84.5 cm³/mol. The average Bonchev–Trinajstić information content (AvgIpc) is 2.84. The van der Waals surface area contributed by atoms with E-state index in [0.29, 0.717) is 30.2 Å². The van der Waals surface area contributed by atoms with Crippen LogP contribution in [-0.4, -0.2) is 67.7 Å². The summed E-state index contributed by atoms with van der Waals surface area (Å²) in [4.78, 5) is 20.5. The van der Waals surface area contributed by atoms with Gasteiger partial charge in [-0.1, -0.05) is 0 Å². The Morgan fingerprint density at radius 2 is 1.91 bits per heavy atom. The maximum absolute atomic E-state index is 12.5. The van der Waals surface area contributed by atoms with Gasteiger partial charge in [-0.05, 0) is 13.8 Å². The Bertz CT molecular complexity index is 670. The van der Waals surface area contributed by atoms with E-state index in [1.54, 1.807) is 13.8 Å². The fourth-order valence-corrected chi connectivity index (χ4v) is 3.67. The molecule has 0 aromatic carbocycles. The Hall–Kier alpha value is -1.58. The van der Waals surface area contributed by atoms with Gasteiger partial charge in [0.25, 0.3) is 5.91 Å². The number of ether oxygens (including phenoxy) is 1. The topological polar surface area (TPSA) is 101 Å². The number of amides is 1. The van der Waals surface area contributed by atoms with Gasteiger partial charge in [0.15, 0.2) is 0 Å². The van der Waals surface area contributed by atoms with Crippen molar-refractivity contribution in [3.05, 3.63) is 23.3 Å². The number of nitrogens with one attached hydrogen (secondary N) is 1. The molecule has 0 unspecified atom stereocenters.